The molecule has 11 heteroatoms. The van der Waals surface area contributed by atoms with Gasteiger partial charge in [-0.2, -0.15) is 0 Å². The lowest BCUT2D eigenvalue weighted by atomic mass is 10.1. The Labute approximate surface area is 218 Å². The molecular weight excluding hydrogens is 494 g/mol. The van der Waals surface area contributed by atoms with Crippen molar-refractivity contribution in [3.05, 3.63) is 74.7 Å². The average Bonchev–Trinajstić information content (AvgIpc) is 2.85. The minimum absolute atomic E-state index is 0.00214. The summed E-state index contributed by atoms with van der Waals surface area (Å²) in [7, 11) is 0. The molecule has 0 radical (unpaired) electrons. The fourth-order valence-electron chi connectivity index (χ4n) is 3.26. The lowest BCUT2D eigenvalue weighted by Gasteiger charge is -2.10. The summed E-state index contributed by atoms with van der Waals surface area (Å²) in [5.41, 5.74) is 4.81. The Hall–Kier alpha value is -3.99. The number of aromatic amines is 1. The van der Waals surface area contributed by atoms with E-state index in [1.165, 1.54) is 0 Å². The van der Waals surface area contributed by atoms with Crippen LogP contribution in [0.4, 0.5) is 11.4 Å². The highest BCUT2D eigenvalue weighted by molar-refractivity contribution is 7.99. The van der Waals surface area contributed by atoms with Gasteiger partial charge in [-0.25, -0.2) is 0 Å². The molecule has 0 saturated carbocycles. The number of esters is 1. The Balaban J connectivity index is 1.43. The first-order chi connectivity index (χ1) is 17.6. The first-order valence-corrected chi connectivity index (χ1v) is 12.6. The van der Waals surface area contributed by atoms with Crippen molar-refractivity contribution in [2.45, 2.75) is 45.7 Å². The Bertz CT molecular complexity index is 1370. The number of rotatable bonds is 10. The van der Waals surface area contributed by atoms with Crippen molar-refractivity contribution in [1.29, 1.82) is 0 Å². The number of aryl methyl sites for hydroxylation is 5. The third-order valence-electron chi connectivity index (χ3n) is 5.35. The third-order valence-corrected chi connectivity index (χ3v) is 6.21. The molecule has 10 nitrogen and oxygen atoms in total. The highest BCUT2D eigenvalue weighted by Crippen LogP contribution is 2.18. The maximum absolute atomic E-state index is 12.3. The van der Waals surface area contributed by atoms with E-state index >= 15 is 0 Å². The number of aromatic nitrogens is 3. The predicted molar refractivity (Wildman–Crippen MR) is 142 cm³/mol. The number of hydrogen-bond donors (Lipinski definition) is 3. The van der Waals surface area contributed by atoms with Gasteiger partial charge in [0.15, 0.2) is 11.8 Å². The minimum atomic E-state index is -0.640. The van der Waals surface area contributed by atoms with E-state index in [1.54, 1.807) is 0 Å². The first-order valence-electron chi connectivity index (χ1n) is 11.6. The van der Waals surface area contributed by atoms with Gasteiger partial charge >= 0.3 is 5.97 Å². The maximum atomic E-state index is 12.3. The molecule has 0 unspecified atom stereocenters. The summed E-state index contributed by atoms with van der Waals surface area (Å²) in [6, 6.07) is 11.4. The van der Waals surface area contributed by atoms with Crippen LogP contribution in [0.1, 0.15) is 34.4 Å². The minimum Gasteiger partial charge on any atom is -0.456 e. The number of anilines is 2. The molecule has 0 spiro atoms. The van der Waals surface area contributed by atoms with Gasteiger partial charge in [0, 0.05) is 17.8 Å². The van der Waals surface area contributed by atoms with Gasteiger partial charge in [-0.3, -0.25) is 24.2 Å². The molecule has 2 amide bonds. The van der Waals surface area contributed by atoms with E-state index in [9.17, 15) is 19.2 Å². The van der Waals surface area contributed by atoms with Gasteiger partial charge in [-0.05, 0) is 62.1 Å². The summed E-state index contributed by atoms with van der Waals surface area (Å²) in [5.74, 6) is -1.30. The standard InChI is InChI=1S/C26H29N5O5S/c1-15-5-7-17(3)20(11-15)27-22(32)13-36-24(34)10-9-19-25(35)29-26(31-30-19)37-14-23(33)28-21-12-16(2)6-8-18(21)4/h5-8,11-12H,9-10,13-14H2,1-4H3,(H,27,32)(H,28,33)(H,29,31,35). The molecule has 0 aliphatic heterocycles. The largest absolute Gasteiger partial charge is 0.456 e. The van der Waals surface area contributed by atoms with Crippen molar-refractivity contribution in [3.8, 4) is 0 Å². The summed E-state index contributed by atoms with van der Waals surface area (Å²) in [4.78, 5) is 51.3. The fourth-order valence-corrected chi connectivity index (χ4v) is 3.86. The molecule has 194 valence electrons. The van der Waals surface area contributed by atoms with Crippen LogP contribution in [0, 0.1) is 27.7 Å². The molecule has 0 aliphatic rings. The summed E-state index contributed by atoms with van der Waals surface area (Å²) < 4.78 is 5.00. The van der Waals surface area contributed by atoms with Gasteiger partial charge in [0.05, 0.1) is 12.2 Å². The molecule has 1 aromatic heterocycles. The number of carbonyl (C=O) groups is 3. The van der Waals surface area contributed by atoms with Crippen LogP contribution in [0.3, 0.4) is 0 Å². The van der Waals surface area contributed by atoms with Crippen LogP contribution in [-0.4, -0.2) is 45.3 Å². The molecule has 37 heavy (non-hydrogen) atoms. The molecular formula is C26H29N5O5S. The Morgan fingerprint density at radius 1 is 0.892 bits per heavy atom. The van der Waals surface area contributed by atoms with Crippen LogP contribution in [0.2, 0.25) is 0 Å². The van der Waals surface area contributed by atoms with Crippen LogP contribution in [0.15, 0.2) is 46.3 Å². The number of benzene rings is 2. The molecule has 0 atom stereocenters. The third kappa shape index (κ3) is 8.57. The number of carbonyl (C=O) groups excluding carboxylic acids is 3. The van der Waals surface area contributed by atoms with Gasteiger partial charge in [0.2, 0.25) is 5.91 Å². The first kappa shape index (κ1) is 27.6. The fraction of sp³-hybridized carbons (Fsp3) is 0.308. The zero-order chi connectivity index (χ0) is 26.9. The van der Waals surface area contributed by atoms with Gasteiger partial charge in [0.25, 0.3) is 11.5 Å². The topological polar surface area (TPSA) is 143 Å². The zero-order valence-electron chi connectivity index (χ0n) is 21.1. The van der Waals surface area contributed by atoms with Crippen molar-refractivity contribution in [2.24, 2.45) is 0 Å². The molecule has 0 bridgehead atoms. The van der Waals surface area contributed by atoms with E-state index in [0.29, 0.717) is 5.69 Å². The Morgan fingerprint density at radius 3 is 2.08 bits per heavy atom. The van der Waals surface area contributed by atoms with E-state index < -0.39 is 24.0 Å². The van der Waals surface area contributed by atoms with E-state index in [1.807, 2.05) is 64.1 Å². The van der Waals surface area contributed by atoms with E-state index in [-0.39, 0.29) is 35.4 Å². The van der Waals surface area contributed by atoms with Crippen LogP contribution in [0.25, 0.3) is 0 Å². The second-order valence-corrected chi connectivity index (χ2v) is 9.55. The van der Waals surface area contributed by atoms with Gasteiger partial charge in [0.1, 0.15) is 5.69 Å². The maximum Gasteiger partial charge on any atom is 0.306 e. The monoisotopic (exact) mass is 523 g/mol. The molecule has 0 aliphatic carbocycles. The number of H-pyrrole nitrogens is 1. The van der Waals surface area contributed by atoms with Crippen molar-refractivity contribution in [1.82, 2.24) is 15.2 Å². The number of thioether (sulfide) groups is 1. The highest BCUT2D eigenvalue weighted by atomic mass is 32.2. The lowest BCUT2D eigenvalue weighted by Crippen LogP contribution is -2.23. The molecule has 0 saturated heterocycles. The second-order valence-electron chi connectivity index (χ2n) is 8.59. The van der Waals surface area contributed by atoms with E-state index in [2.05, 4.69) is 25.8 Å². The zero-order valence-corrected chi connectivity index (χ0v) is 22.0. The van der Waals surface area contributed by atoms with Crippen LogP contribution in [-0.2, 0) is 25.5 Å². The number of nitrogens with zero attached hydrogens (tertiary/aromatic N) is 2. The summed E-state index contributed by atoms with van der Waals surface area (Å²) >= 11 is 1.04. The van der Waals surface area contributed by atoms with Gasteiger partial charge < -0.3 is 15.4 Å². The molecule has 3 N–H and O–H groups in total. The van der Waals surface area contributed by atoms with Gasteiger partial charge in [-0.15, -0.1) is 10.2 Å². The average molecular weight is 524 g/mol. The number of nitrogens with one attached hydrogen (secondary N) is 3. The number of hydrogen-bond acceptors (Lipinski definition) is 8. The summed E-state index contributed by atoms with van der Waals surface area (Å²) in [6.45, 7) is 7.18. The predicted octanol–water partition coefficient (Wildman–Crippen LogP) is 3.24. The number of ether oxygens (including phenoxy) is 1. The van der Waals surface area contributed by atoms with E-state index in [4.69, 9.17) is 4.74 Å². The van der Waals surface area contributed by atoms with Crippen molar-refractivity contribution >= 4 is 40.9 Å². The molecule has 2 aromatic carbocycles. The van der Waals surface area contributed by atoms with Crippen molar-refractivity contribution in [2.75, 3.05) is 23.0 Å². The highest BCUT2D eigenvalue weighted by Gasteiger charge is 2.13. The van der Waals surface area contributed by atoms with E-state index in [0.717, 1.165) is 39.7 Å². The molecule has 3 rings (SSSR count). The SMILES string of the molecule is Cc1ccc(C)c(NC(=O)COC(=O)CCc2nnc(SCC(=O)Nc3cc(C)ccc3C)[nH]c2=O)c1. The Morgan fingerprint density at radius 2 is 1.49 bits per heavy atom. The number of amides is 2. The molecule has 1 heterocycles. The lowest BCUT2D eigenvalue weighted by molar-refractivity contribution is -0.147. The second kappa shape index (κ2) is 12.8. The smallest absolute Gasteiger partial charge is 0.306 e. The van der Waals surface area contributed by atoms with Crippen LogP contribution < -0.4 is 16.2 Å². The summed E-state index contributed by atoms with van der Waals surface area (Å²) in [5, 5.41) is 13.5. The molecule has 3 aromatic rings. The van der Waals surface area contributed by atoms with Crippen LogP contribution >= 0.6 is 11.8 Å². The van der Waals surface area contributed by atoms with Crippen molar-refractivity contribution in [3.63, 3.8) is 0 Å². The normalized spacial score (nSPS) is 10.6. The quantitative estimate of drug-likeness (QED) is 0.271. The Kier molecular flexibility index (Phi) is 9.56. The van der Waals surface area contributed by atoms with Crippen LogP contribution in [0.5, 0.6) is 0 Å². The van der Waals surface area contributed by atoms with Crippen molar-refractivity contribution < 1.29 is 19.1 Å². The summed E-state index contributed by atoms with van der Waals surface area (Å²) in [6.07, 6.45) is -0.142. The van der Waals surface area contributed by atoms with Gasteiger partial charge in [-0.1, -0.05) is 36.0 Å². The molecule has 0 fully saturated rings.